The van der Waals surface area contributed by atoms with E-state index in [1.807, 2.05) is 24.4 Å². The quantitative estimate of drug-likeness (QED) is 0.356. The summed E-state index contributed by atoms with van der Waals surface area (Å²) in [6.07, 6.45) is 6.72. The fraction of sp³-hybridized carbons (Fsp3) is 0.483. The third-order valence-electron chi connectivity index (χ3n) is 7.82. The second-order valence-electron chi connectivity index (χ2n) is 10.0. The summed E-state index contributed by atoms with van der Waals surface area (Å²) in [6, 6.07) is 7.35. The molecule has 1 aliphatic heterocycles. The molecule has 1 aromatic heterocycles. The van der Waals surface area contributed by atoms with Gasteiger partial charge in [0.05, 0.1) is 18.7 Å². The first-order valence-electron chi connectivity index (χ1n) is 12.8. The molecule has 2 heterocycles. The minimum absolute atomic E-state index is 0.113. The number of hydrogen-bond acceptors (Lipinski definition) is 4. The van der Waals surface area contributed by atoms with Gasteiger partial charge in [0, 0.05) is 29.3 Å². The first-order chi connectivity index (χ1) is 17.3. The summed E-state index contributed by atoms with van der Waals surface area (Å²) in [6.45, 7) is 3.75. The lowest BCUT2D eigenvalue weighted by Gasteiger charge is -2.42. The van der Waals surface area contributed by atoms with Crippen molar-refractivity contribution in [1.29, 1.82) is 0 Å². The van der Waals surface area contributed by atoms with Crippen LogP contribution in [0.25, 0.3) is 10.9 Å². The molecule has 194 valence electrons. The van der Waals surface area contributed by atoms with Gasteiger partial charge >= 0.3 is 0 Å². The van der Waals surface area contributed by atoms with Crippen molar-refractivity contribution in [2.45, 2.75) is 64.4 Å². The Bertz CT molecular complexity index is 1170. The van der Waals surface area contributed by atoms with Gasteiger partial charge in [-0.05, 0) is 106 Å². The number of aliphatic hydroxyl groups is 1. The maximum absolute atomic E-state index is 14.0. The van der Waals surface area contributed by atoms with Crippen LogP contribution in [0.3, 0.4) is 0 Å². The van der Waals surface area contributed by atoms with E-state index < -0.39 is 23.6 Å². The number of ether oxygens (including phenoxy) is 1. The largest absolute Gasteiger partial charge is 0.497 e. The molecule has 0 spiro atoms. The Morgan fingerprint density at radius 3 is 2.42 bits per heavy atom. The molecule has 1 unspecified atom stereocenters. The fourth-order valence-corrected chi connectivity index (χ4v) is 5.67. The van der Waals surface area contributed by atoms with Crippen molar-refractivity contribution >= 4 is 10.9 Å². The maximum Gasteiger partial charge on any atom is 0.132 e. The molecule has 1 aliphatic rings. The number of halogens is 3. The van der Waals surface area contributed by atoms with Gasteiger partial charge in [-0.25, -0.2) is 13.2 Å². The van der Waals surface area contributed by atoms with Crippen LogP contribution >= 0.6 is 0 Å². The second kappa shape index (κ2) is 11.6. The molecule has 7 heteroatoms. The first-order valence-corrected chi connectivity index (χ1v) is 12.8. The highest BCUT2D eigenvalue weighted by molar-refractivity contribution is 5.84. The molecule has 0 radical (unpaired) electrons. The van der Waals surface area contributed by atoms with E-state index in [9.17, 15) is 18.3 Å². The van der Waals surface area contributed by atoms with E-state index in [4.69, 9.17) is 4.74 Å². The number of hydrogen-bond donors (Lipinski definition) is 2. The van der Waals surface area contributed by atoms with Gasteiger partial charge in [0.25, 0.3) is 0 Å². The van der Waals surface area contributed by atoms with Crippen LogP contribution in [0.1, 0.15) is 55.2 Å². The number of pyridine rings is 1. The Hall–Kier alpha value is -2.64. The van der Waals surface area contributed by atoms with Crippen LogP contribution in [0.5, 0.6) is 5.75 Å². The zero-order valence-electron chi connectivity index (χ0n) is 21.0. The number of rotatable bonds is 10. The van der Waals surface area contributed by atoms with Crippen LogP contribution in [0, 0.1) is 29.8 Å². The molecule has 3 aromatic rings. The maximum atomic E-state index is 14.0. The molecule has 1 atom stereocenters. The van der Waals surface area contributed by atoms with Crippen LogP contribution in [0.2, 0.25) is 0 Å². The third-order valence-corrected chi connectivity index (χ3v) is 7.82. The average Bonchev–Trinajstić information content (AvgIpc) is 2.87. The molecular weight excluding hydrogens is 465 g/mol. The van der Waals surface area contributed by atoms with Crippen molar-refractivity contribution in [1.82, 2.24) is 10.3 Å². The molecule has 0 bridgehead atoms. The van der Waals surface area contributed by atoms with Crippen LogP contribution in [0.4, 0.5) is 13.2 Å². The van der Waals surface area contributed by atoms with E-state index in [0.717, 1.165) is 67.4 Å². The predicted octanol–water partition coefficient (Wildman–Crippen LogP) is 6.05. The number of methoxy groups -OCH3 is 1. The third kappa shape index (κ3) is 5.84. The molecule has 36 heavy (non-hydrogen) atoms. The van der Waals surface area contributed by atoms with Gasteiger partial charge in [-0.15, -0.1) is 0 Å². The van der Waals surface area contributed by atoms with Gasteiger partial charge in [-0.2, -0.15) is 0 Å². The van der Waals surface area contributed by atoms with Crippen LogP contribution in [-0.4, -0.2) is 36.4 Å². The van der Waals surface area contributed by atoms with Gasteiger partial charge in [0.2, 0.25) is 0 Å². The van der Waals surface area contributed by atoms with Crippen LogP contribution in [0.15, 0.2) is 36.5 Å². The van der Waals surface area contributed by atoms with Crippen molar-refractivity contribution < 1.29 is 23.0 Å². The van der Waals surface area contributed by atoms with Crippen molar-refractivity contribution in [3.8, 4) is 5.75 Å². The SMILES string of the molecule is COc1ccc2ncc(C)c(CCCC3(C(O)CCCc4c(F)cc(F)cc4F)CCNCC3)c2c1. The molecule has 4 nitrogen and oxygen atoms in total. The Kier molecular flexibility index (Phi) is 8.52. The van der Waals surface area contributed by atoms with Crippen molar-refractivity contribution in [2.75, 3.05) is 20.2 Å². The van der Waals surface area contributed by atoms with Crippen LogP contribution < -0.4 is 10.1 Å². The van der Waals surface area contributed by atoms with Crippen LogP contribution in [-0.2, 0) is 12.8 Å². The van der Waals surface area contributed by atoms with E-state index in [1.54, 1.807) is 7.11 Å². The number of fused-ring (bicyclic) bond motifs is 1. The Balaban J connectivity index is 1.43. The van der Waals surface area contributed by atoms with Gasteiger partial charge < -0.3 is 15.2 Å². The zero-order valence-corrected chi connectivity index (χ0v) is 21.0. The van der Waals surface area contributed by atoms with E-state index in [-0.39, 0.29) is 17.4 Å². The number of nitrogens with one attached hydrogen (secondary N) is 1. The summed E-state index contributed by atoms with van der Waals surface area (Å²) < 4.78 is 46.7. The Labute approximate surface area is 210 Å². The molecule has 4 rings (SSSR count). The Morgan fingerprint density at radius 2 is 1.72 bits per heavy atom. The lowest BCUT2D eigenvalue weighted by molar-refractivity contribution is -0.0132. The molecule has 2 N–H and O–H groups in total. The summed E-state index contributed by atoms with van der Waals surface area (Å²) >= 11 is 0. The minimum Gasteiger partial charge on any atom is -0.497 e. The molecule has 2 aromatic carbocycles. The number of nitrogens with zero attached hydrogens (tertiary/aromatic N) is 1. The van der Waals surface area contributed by atoms with E-state index in [0.29, 0.717) is 25.0 Å². The first kappa shape index (κ1) is 26.4. The van der Waals surface area contributed by atoms with Crippen molar-refractivity contribution in [3.05, 3.63) is 70.7 Å². The summed E-state index contributed by atoms with van der Waals surface area (Å²) in [5, 5.41) is 15.8. The van der Waals surface area contributed by atoms with E-state index in [2.05, 4.69) is 17.2 Å². The molecule has 1 fully saturated rings. The molecule has 0 amide bonds. The highest BCUT2D eigenvalue weighted by atomic mass is 19.1. The number of aliphatic hydroxyl groups excluding tert-OH is 1. The summed E-state index contributed by atoms with van der Waals surface area (Å²) in [7, 11) is 1.66. The lowest BCUT2D eigenvalue weighted by atomic mass is 9.69. The smallest absolute Gasteiger partial charge is 0.132 e. The topological polar surface area (TPSA) is 54.4 Å². The molecule has 0 aliphatic carbocycles. The summed E-state index contributed by atoms with van der Waals surface area (Å²) in [5.74, 6) is -1.85. The normalized spacial score (nSPS) is 16.3. The highest BCUT2D eigenvalue weighted by Crippen LogP contribution is 2.40. The monoisotopic (exact) mass is 500 g/mol. The van der Waals surface area contributed by atoms with E-state index in [1.165, 1.54) is 5.56 Å². The van der Waals surface area contributed by atoms with Gasteiger partial charge in [0.15, 0.2) is 0 Å². The van der Waals surface area contributed by atoms with Gasteiger partial charge in [-0.1, -0.05) is 0 Å². The standard InChI is InChI=1S/C29H35F3N2O2/c1-19-18-34-27-9-8-21(36-2)17-24(27)22(19)6-4-10-29(11-13-33-14-12-29)28(35)7-3-5-23-25(31)15-20(30)16-26(23)32/h8-9,15-18,28,33,35H,3-7,10-14H2,1-2H3. The van der Waals surface area contributed by atoms with Gasteiger partial charge in [-0.3, -0.25) is 4.98 Å². The summed E-state index contributed by atoms with van der Waals surface area (Å²) in [5.41, 5.74) is 2.98. The average molecular weight is 501 g/mol. The van der Waals surface area contributed by atoms with Crippen molar-refractivity contribution in [2.24, 2.45) is 5.41 Å². The number of aromatic nitrogens is 1. The summed E-state index contributed by atoms with van der Waals surface area (Å²) in [4.78, 5) is 4.55. The predicted molar refractivity (Wildman–Crippen MR) is 136 cm³/mol. The molecule has 1 saturated heterocycles. The fourth-order valence-electron chi connectivity index (χ4n) is 5.67. The zero-order chi connectivity index (χ0) is 25.7. The lowest BCUT2D eigenvalue weighted by Crippen LogP contribution is -2.44. The number of benzene rings is 2. The minimum atomic E-state index is -0.918. The van der Waals surface area contributed by atoms with E-state index >= 15 is 0 Å². The van der Waals surface area contributed by atoms with Gasteiger partial charge in [0.1, 0.15) is 23.2 Å². The highest BCUT2D eigenvalue weighted by Gasteiger charge is 2.38. The second-order valence-corrected chi connectivity index (χ2v) is 10.0. The van der Waals surface area contributed by atoms with Crippen molar-refractivity contribution in [3.63, 3.8) is 0 Å². The Morgan fingerprint density at radius 1 is 1.03 bits per heavy atom. The molecule has 0 saturated carbocycles. The number of aryl methyl sites for hydroxylation is 2. The number of piperidine rings is 1. The molecular formula is C29H35F3N2O2.